The van der Waals surface area contributed by atoms with Crippen molar-refractivity contribution in [1.29, 1.82) is 0 Å². The maximum absolute atomic E-state index is 13.9. The van der Waals surface area contributed by atoms with Crippen LogP contribution in [0.3, 0.4) is 0 Å². The van der Waals surface area contributed by atoms with Gasteiger partial charge in [0.15, 0.2) is 39.1 Å². The zero-order valence-electron chi connectivity index (χ0n) is 42.3. The first kappa shape index (κ1) is 52.2. The van der Waals surface area contributed by atoms with Gasteiger partial charge in [-0.15, -0.1) is 0 Å². The molecule has 3 rings (SSSR count). The highest BCUT2D eigenvalue weighted by Gasteiger charge is 2.52. The number of carbonyl (C=O) groups is 1. The molecule has 0 heterocycles. The lowest BCUT2D eigenvalue weighted by Crippen LogP contribution is -2.48. The van der Waals surface area contributed by atoms with Crippen molar-refractivity contribution in [3.8, 4) is 0 Å². The Morgan fingerprint density at radius 1 is 0.741 bits per heavy atom. The molecule has 0 bridgehead atoms. The minimum atomic E-state index is -1.93. The quantitative estimate of drug-likeness (QED) is 0.128. The van der Waals surface area contributed by atoms with Crippen molar-refractivity contribution in [2.24, 2.45) is 23.2 Å². The minimum Gasteiger partial charge on any atom is -0.414 e. The molecule has 0 aromatic rings. The summed E-state index contributed by atoms with van der Waals surface area (Å²) in [6.07, 6.45) is 19.8. The Morgan fingerprint density at radius 3 is 1.74 bits per heavy atom. The van der Waals surface area contributed by atoms with Gasteiger partial charge in [-0.25, -0.2) is 0 Å². The molecular formula is C49H96O5Si4. The van der Waals surface area contributed by atoms with Crippen molar-refractivity contribution in [2.45, 2.75) is 259 Å². The molecule has 6 atom stereocenters. The number of Topliss-reactive ketones (excluding diaryl/α,β-unsaturated/α-hetero) is 1. The number of rotatable bonds is 18. The summed E-state index contributed by atoms with van der Waals surface area (Å²) >= 11 is 0. The Labute approximate surface area is 364 Å². The summed E-state index contributed by atoms with van der Waals surface area (Å²) in [5.74, 6) is 2.05. The molecule has 0 spiro atoms. The molecule has 0 radical (unpaired) electrons. The number of ketones is 1. The fraction of sp³-hybridized carbons (Fsp3) is 0.898. The third kappa shape index (κ3) is 14.7. The summed E-state index contributed by atoms with van der Waals surface area (Å²) in [5.41, 5.74) is 2.61. The van der Waals surface area contributed by atoms with Crippen LogP contribution in [0.25, 0.3) is 0 Å². The molecule has 9 heteroatoms. The molecule has 0 amide bonds. The average molecular weight is 878 g/mol. The van der Waals surface area contributed by atoms with Crippen LogP contribution in [0.15, 0.2) is 23.3 Å². The van der Waals surface area contributed by atoms with E-state index in [1.165, 1.54) is 44.1 Å². The normalized spacial score (nSPS) is 27.9. The van der Waals surface area contributed by atoms with Crippen LogP contribution in [0, 0.1) is 23.2 Å². The molecular weight excluding hydrogens is 781 g/mol. The lowest BCUT2D eigenvalue weighted by Gasteiger charge is -2.45. The monoisotopic (exact) mass is 877 g/mol. The predicted octanol–water partition coefficient (Wildman–Crippen LogP) is 15.4. The van der Waals surface area contributed by atoms with Gasteiger partial charge in [0.25, 0.3) is 0 Å². The highest BCUT2D eigenvalue weighted by molar-refractivity contribution is 6.74. The molecule has 3 aliphatic carbocycles. The van der Waals surface area contributed by atoms with Crippen LogP contribution in [0.2, 0.25) is 75.5 Å². The summed E-state index contributed by atoms with van der Waals surface area (Å²) < 4.78 is 27.4. The van der Waals surface area contributed by atoms with Crippen LogP contribution in [-0.2, 0) is 22.5 Å². The summed E-state index contributed by atoms with van der Waals surface area (Å²) in [6.45, 7) is 48.5. The largest absolute Gasteiger partial charge is 0.414 e. The van der Waals surface area contributed by atoms with Gasteiger partial charge in [0.05, 0.1) is 17.8 Å². The standard InChI is InChI=1S/C49H96O5Si4/c1-45(2,3)57(18,19)51-40-34-37(35-41(36-40)52-58(20,21)46(4,5)6)26-27-38-25-23-33-49(11)42(38)29-30-43(49)39(24-22-32-47(7,8)53-55(12,13)14)28-31-44(50)48(9,10)54-56(15,16)17/h26-27,39-43H,22-25,28-36H2,1-21H3/t39-,40+,41?,42+,43+,49+/m0/s1. The number of allylic oxidation sites excluding steroid dienone is 3. The van der Waals surface area contributed by atoms with Gasteiger partial charge in [-0.1, -0.05) is 84.6 Å². The van der Waals surface area contributed by atoms with Crippen LogP contribution in [0.1, 0.15) is 160 Å². The molecule has 1 unspecified atom stereocenters. The van der Waals surface area contributed by atoms with Crippen LogP contribution in [-0.4, -0.2) is 62.5 Å². The van der Waals surface area contributed by atoms with E-state index in [1.807, 2.05) is 13.8 Å². The average Bonchev–Trinajstić information content (AvgIpc) is 3.34. The van der Waals surface area contributed by atoms with Crippen molar-refractivity contribution in [2.75, 3.05) is 0 Å². The number of hydrogen-bond acceptors (Lipinski definition) is 5. The molecule has 58 heavy (non-hydrogen) atoms. The highest BCUT2D eigenvalue weighted by Crippen LogP contribution is 2.60. The maximum Gasteiger partial charge on any atom is 0.192 e. The van der Waals surface area contributed by atoms with E-state index < -0.39 is 38.9 Å². The SMILES string of the molecule is CC(C)(CCC[C@@H](CCC(=O)C(C)(C)O[Si](C)(C)C)[C@H]1CC[C@@H]2C(=CC=C3CC(O[Si](C)(C)C(C)(C)C)C[C@H](O[Si](C)(C)C(C)(C)C)C3)CCC[C@]21C)O[Si](C)(C)C. The molecule has 3 saturated carbocycles. The Balaban J connectivity index is 1.91. The molecule has 3 fully saturated rings. The molecule has 0 N–H and O–H groups in total. The van der Waals surface area contributed by atoms with Gasteiger partial charge in [-0.05, 0) is 191 Å². The van der Waals surface area contributed by atoms with E-state index >= 15 is 0 Å². The first-order chi connectivity index (χ1) is 26.0. The van der Waals surface area contributed by atoms with Crippen molar-refractivity contribution in [3.05, 3.63) is 23.3 Å². The first-order valence-corrected chi connectivity index (χ1v) is 36.3. The molecule has 0 aromatic heterocycles. The van der Waals surface area contributed by atoms with Gasteiger partial charge < -0.3 is 17.7 Å². The van der Waals surface area contributed by atoms with Crippen molar-refractivity contribution >= 4 is 39.1 Å². The van der Waals surface area contributed by atoms with Crippen LogP contribution >= 0.6 is 0 Å². The van der Waals surface area contributed by atoms with Gasteiger partial charge in [0.2, 0.25) is 0 Å². The lowest BCUT2D eigenvalue weighted by molar-refractivity contribution is -0.133. The Morgan fingerprint density at radius 2 is 1.26 bits per heavy atom. The maximum atomic E-state index is 13.9. The molecule has 5 nitrogen and oxygen atoms in total. The fourth-order valence-electron chi connectivity index (χ4n) is 10.6. The van der Waals surface area contributed by atoms with E-state index in [0.29, 0.717) is 24.2 Å². The summed E-state index contributed by atoms with van der Waals surface area (Å²) in [7, 11) is -7.38. The van der Waals surface area contributed by atoms with E-state index in [9.17, 15) is 4.79 Å². The third-order valence-corrected chi connectivity index (χ3v) is 26.4. The molecule has 0 saturated heterocycles. The number of fused-ring (bicyclic) bond motifs is 1. The Hall–Kier alpha value is -0.142. The topological polar surface area (TPSA) is 54.0 Å². The van der Waals surface area contributed by atoms with Crippen LogP contribution in [0.4, 0.5) is 0 Å². The van der Waals surface area contributed by atoms with E-state index in [1.54, 1.807) is 5.57 Å². The van der Waals surface area contributed by atoms with E-state index in [0.717, 1.165) is 38.5 Å². The summed E-state index contributed by atoms with van der Waals surface area (Å²) in [5, 5.41) is 0.359. The smallest absolute Gasteiger partial charge is 0.192 e. The second-order valence-corrected chi connectivity index (χ2v) is 44.0. The second-order valence-electron chi connectivity index (χ2n) is 25.6. The Kier molecular flexibility index (Phi) is 17.0. The first-order valence-electron chi connectivity index (χ1n) is 23.6. The highest BCUT2D eigenvalue weighted by atomic mass is 28.4. The zero-order valence-corrected chi connectivity index (χ0v) is 46.3. The van der Waals surface area contributed by atoms with Crippen molar-refractivity contribution in [3.63, 3.8) is 0 Å². The molecule has 0 aliphatic heterocycles. The zero-order chi connectivity index (χ0) is 44.6. The molecule has 3 aliphatic rings. The van der Waals surface area contributed by atoms with Gasteiger partial charge in [-0.3, -0.25) is 4.79 Å². The molecule has 338 valence electrons. The van der Waals surface area contributed by atoms with Crippen molar-refractivity contribution in [1.82, 2.24) is 0 Å². The summed E-state index contributed by atoms with van der Waals surface area (Å²) in [6, 6.07) is 0. The van der Waals surface area contributed by atoms with Crippen LogP contribution in [0.5, 0.6) is 0 Å². The fourth-order valence-corrected chi connectivity index (χ4v) is 16.7. The predicted molar refractivity (Wildman–Crippen MR) is 261 cm³/mol. The van der Waals surface area contributed by atoms with E-state index in [-0.39, 0.29) is 39.1 Å². The van der Waals surface area contributed by atoms with Crippen LogP contribution < -0.4 is 0 Å². The second kappa shape index (κ2) is 18.9. The van der Waals surface area contributed by atoms with Gasteiger partial charge >= 0.3 is 0 Å². The lowest BCUT2D eigenvalue weighted by atomic mass is 9.60. The molecule has 0 aromatic carbocycles. The van der Waals surface area contributed by atoms with E-state index in [2.05, 4.69) is 140 Å². The van der Waals surface area contributed by atoms with E-state index in [4.69, 9.17) is 17.7 Å². The number of hydrogen-bond donors (Lipinski definition) is 0. The minimum absolute atomic E-state index is 0.114. The Bertz CT molecular complexity index is 1400. The summed E-state index contributed by atoms with van der Waals surface area (Å²) in [4.78, 5) is 13.9. The van der Waals surface area contributed by atoms with Gasteiger partial charge in [0, 0.05) is 6.42 Å². The van der Waals surface area contributed by atoms with Gasteiger partial charge in [-0.2, -0.15) is 0 Å². The number of carbonyl (C=O) groups excluding carboxylic acids is 1. The van der Waals surface area contributed by atoms with Gasteiger partial charge in [0.1, 0.15) is 5.60 Å². The van der Waals surface area contributed by atoms with Crippen molar-refractivity contribution < 1.29 is 22.5 Å². The third-order valence-electron chi connectivity index (χ3n) is 15.1.